The van der Waals surface area contributed by atoms with Gasteiger partial charge >= 0.3 is 6.18 Å². The first-order valence-corrected chi connectivity index (χ1v) is 5.06. The number of nitrogens with zero attached hydrogens (tertiary/aromatic N) is 1. The Hall–Kier alpha value is -2.24. The van der Waals surface area contributed by atoms with Crippen LogP contribution in [0.15, 0.2) is 36.5 Å². The van der Waals surface area contributed by atoms with Crippen LogP contribution in [0, 0.1) is 0 Å². The molecule has 0 radical (unpaired) electrons. The Morgan fingerprint density at radius 2 is 1.78 bits per heavy atom. The zero-order valence-corrected chi connectivity index (χ0v) is 9.20. The summed E-state index contributed by atoms with van der Waals surface area (Å²) in [4.78, 5) is 3.95. The van der Waals surface area contributed by atoms with Gasteiger partial charge in [0.05, 0.1) is 28.8 Å². The van der Waals surface area contributed by atoms with Gasteiger partial charge in [0.25, 0.3) is 0 Å². The lowest BCUT2D eigenvalue weighted by Crippen LogP contribution is -2.05. The third kappa shape index (κ3) is 2.37. The Labute approximate surface area is 101 Å². The van der Waals surface area contributed by atoms with Crippen LogP contribution in [-0.2, 0) is 6.18 Å². The van der Waals surface area contributed by atoms with Gasteiger partial charge < -0.3 is 11.5 Å². The molecular weight excluding hydrogens is 243 g/mol. The van der Waals surface area contributed by atoms with Crippen LogP contribution >= 0.6 is 0 Å². The van der Waals surface area contributed by atoms with E-state index >= 15 is 0 Å². The number of benzene rings is 1. The van der Waals surface area contributed by atoms with Crippen molar-refractivity contribution < 1.29 is 13.2 Å². The van der Waals surface area contributed by atoms with Gasteiger partial charge in [-0.25, -0.2) is 0 Å². The maximum atomic E-state index is 12.6. The van der Waals surface area contributed by atoms with Crippen molar-refractivity contribution >= 4 is 11.4 Å². The van der Waals surface area contributed by atoms with E-state index in [1.807, 2.05) is 0 Å². The Balaban J connectivity index is 2.51. The smallest absolute Gasteiger partial charge is 0.397 e. The lowest BCUT2D eigenvalue weighted by Gasteiger charge is -2.10. The number of anilines is 2. The predicted octanol–water partition coefficient (Wildman–Crippen LogP) is 2.93. The number of hydrogen-bond donors (Lipinski definition) is 2. The molecule has 1 heterocycles. The maximum Gasteiger partial charge on any atom is 0.416 e. The van der Waals surface area contributed by atoms with Crippen LogP contribution in [0.25, 0.3) is 11.3 Å². The number of rotatable bonds is 1. The molecule has 6 heteroatoms. The minimum absolute atomic E-state index is 0.245. The van der Waals surface area contributed by atoms with Crippen molar-refractivity contribution in [3.05, 3.63) is 42.1 Å². The molecule has 0 unspecified atom stereocenters. The van der Waals surface area contributed by atoms with Gasteiger partial charge in [-0.05, 0) is 18.2 Å². The molecule has 1 aromatic heterocycles. The molecule has 1 aromatic carbocycles. The summed E-state index contributed by atoms with van der Waals surface area (Å²) in [6.45, 7) is 0. The average Bonchev–Trinajstić information content (AvgIpc) is 2.28. The number of nitrogen functional groups attached to an aromatic ring is 2. The second kappa shape index (κ2) is 4.21. The van der Waals surface area contributed by atoms with Crippen molar-refractivity contribution in [1.29, 1.82) is 0 Å². The fourth-order valence-electron chi connectivity index (χ4n) is 1.58. The zero-order chi connectivity index (χ0) is 13.3. The third-order valence-corrected chi connectivity index (χ3v) is 2.40. The quantitative estimate of drug-likeness (QED) is 0.821. The average molecular weight is 253 g/mol. The highest BCUT2D eigenvalue weighted by Gasteiger charge is 2.30. The molecule has 0 aliphatic rings. The second-order valence-electron chi connectivity index (χ2n) is 3.79. The summed E-state index contributed by atoms with van der Waals surface area (Å²) < 4.78 is 37.7. The Kier molecular flexibility index (Phi) is 2.86. The molecule has 0 amide bonds. The largest absolute Gasteiger partial charge is 0.416 e. The van der Waals surface area contributed by atoms with Gasteiger partial charge in [0.15, 0.2) is 0 Å². The predicted molar refractivity (Wildman–Crippen MR) is 63.5 cm³/mol. The fourth-order valence-corrected chi connectivity index (χ4v) is 1.58. The van der Waals surface area contributed by atoms with Crippen molar-refractivity contribution in [2.75, 3.05) is 11.5 Å². The lowest BCUT2D eigenvalue weighted by atomic mass is 10.1. The summed E-state index contributed by atoms with van der Waals surface area (Å²) in [7, 11) is 0. The molecule has 94 valence electrons. The molecule has 2 aromatic rings. The van der Waals surface area contributed by atoms with Crippen molar-refractivity contribution in [3.63, 3.8) is 0 Å². The summed E-state index contributed by atoms with van der Waals surface area (Å²) in [5.41, 5.74) is 11.6. The summed E-state index contributed by atoms with van der Waals surface area (Å²) in [5, 5.41) is 0. The molecule has 3 nitrogen and oxygen atoms in total. The minimum Gasteiger partial charge on any atom is -0.397 e. The SMILES string of the molecule is Nc1cnc(-c2cccc(C(F)(F)F)c2)c(N)c1. The van der Waals surface area contributed by atoms with Crippen LogP contribution in [0.3, 0.4) is 0 Å². The summed E-state index contributed by atoms with van der Waals surface area (Å²) in [5.74, 6) is 0. The van der Waals surface area contributed by atoms with Gasteiger partial charge in [-0.3, -0.25) is 4.98 Å². The first kappa shape index (κ1) is 12.2. The van der Waals surface area contributed by atoms with E-state index in [1.165, 1.54) is 24.4 Å². The van der Waals surface area contributed by atoms with E-state index in [9.17, 15) is 13.2 Å². The number of hydrogen-bond acceptors (Lipinski definition) is 3. The van der Waals surface area contributed by atoms with Gasteiger partial charge in [-0.15, -0.1) is 0 Å². The third-order valence-electron chi connectivity index (χ3n) is 2.40. The summed E-state index contributed by atoms with van der Waals surface area (Å²) in [6, 6.07) is 6.30. The molecule has 0 saturated heterocycles. The van der Waals surface area contributed by atoms with Crippen LogP contribution in [-0.4, -0.2) is 4.98 Å². The highest BCUT2D eigenvalue weighted by atomic mass is 19.4. The molecular formula is C12H10F3N3. The molecule has 18 heavy (non-hydrogen) atoms. The maximum absolute atomic E-state index is 12.6. The van der Waals surface area contributed by atoms with E-state index in [1.54, 1.807) is 0 Å². The van der Waals surface area contributed by atoms with Crippen LogP contribution in [0.5, 0.6) is 0 Å². The van der Waals surface area contributed by atoms with E-state index in [0.29, 0.717) is 11.3 Å². The second-order valence-corrected chi connectivity index (χ2v) is 3.79. The standard InChI is InChI=1S/C12H10F3N3/c13-12(14,15)8-3-1-2-7(4-8)11-10(17)5-9(16)6-18-11/h1-6H,16-17H2. The van der Waals surface area contributed by atoms with Gasteiger partial charge in [0.2, 0.25) is 0 Å². The molecule has 2 rings (SSSR count). The minimum atomic E-state index is -4.39. The first-order chi connectivity index (χ1) is 8.38. The van der Waals surface area contributed by atoms with Crippen molar-refractivity contribution in [3.8, 4) is 11.3 Å². The van der Waals surface area contributed by atoms with Gasteiger partial charge in [0, 0.05) is 5.56 Å². The van der Waals surface area contributed by atoms with Gasteiger partial charge in [0.1, 0.15) is 0 Å². The number of nitrogens with two attached hydrogens (primary N) is 2. The lowest BCUT2D eigenvalue weighted by molar-refractivity contribution is -0.137. The van der Waals surface area contributed by atoms with Crippen molar-refractivity contribution in [1.82, 2.24) is 4.98 Å². The van der Waals surface area contributed by atoms with Crippen molar-refractivity contribution in [2.24, 2.45) is 0 Å². The zero-order valence-electron chi connectivity index (χ0n) is 9.20. The van der Waals surface area contributed by atoms with Gasteiger partial charge in [-0.1, -0.05) is 12.1 Å². The monoisotopic (exact) mass is 253 g/mol. The molecule has 0 atom stereocenters. The highest BCUT2D eigenvalue weighted by molar-refractivity contribution is 5.75. The van der Waals surface area contributed by atoms with Crippen LogP contribution in [0.2, 0.25) is 0 Å². The highest BCUT2D eigenvalue weighted by Crippen LogP contribution is 2.33. The Bertz CT molecular complexity index is 579. The molecule has 0 fully saturated rings. The van der Waals surface area contributed by atoms with Crippen LogP contribution in [0.4, 0.5) is 24.5 Å². The number of aromatic nitrogens is 1. The van der Waals surface area contributed by atoms with Crippen LogP contribution < -0.4 is 11.5 Å². The summed E-state index contributed by atoms with van der Waals surface area (Å²) >= 11 is 0. The summed E-state index contributed by atoms with van der Waals surface area (Å²) in [6.07, 6.45) is -3.04. The number of pyridine rings is 1. The Morgan fingerprint density at radius 1 is 1.06 bits per heavy atom. The van der Waals surface area contributed by atoms with E-state index in [-0.39, 0.29) is 11.4 Å². The molecule has 0 spiro atoms. The van der Waals surface area contributed by atoms with E-state index in [2.05, 4.69) is 4.98 Å². The molecule has 0 bridgehead atoms. The Morgan fingerprint density at radius 3 is 2.39 bits per heavy atom. The van der Waals surface area contributed by atoms with Crippen molar-refractivity contribution in [2.45, 2.75) is 6.18 Å². The van der Waals surface area contributed by atoms with E-state index in [0.717, 1.165) is 12.1 Å². The number of alkyl halides is 3. The molecule has 0 saturated carbocycles. The van der Waals surface area contributed by atoms with Crippen LogP contribution in [0.1, 0.15) is 5.56 Å². The molecule has 0 aliphatic heterocycles. The van der Waals surface area contributed by atoms with E-state index in [4.69, 9.17) is 11.5 Å². The molecule has 4 N–H and O–H groups in total. The van der Waals surface area contributed by atoms with E-state index < -0.39 is 11.7 Å². The topological polar surface area (TPSA) is 64.9 Å². The van der Waals surface area contributed by atoms with Gasteiger partial charge in [-0.2, -0.15) is 13.2 Å². The molecule has 0 aliphatic carbocycles. The normalized spacial score (nSPS) is 11.5. The number of halogens is 3. The first-order valence-electron chi connectivity index (χ1n) is 5.06. The fraction of sp³-hybridized carbons (Fsp3) is 0.0833.